The average Bonchev–Trinajstić information content (AvgIpc) is 2.50. The molecule has 1 heteroatoms. The molecule has 0 saturated carbocycles. The third-order valence-corrected chi connectivity index (χ3v) is 3.82. The lowest BCUT2D eigenvalue weighted by Gasteiger charge is -2.08. The highest BCUT2D eigenvalue weighted by Crippen LogP contribution is 2.24. The number of hydrogen-bond donors (Lipinski definition) is 0. The van der Waals surface area contributed by atoms with Crippen LogP contribution >= 0.6 is 0 Å². The van der Waals surface area contributed by atoms with E-state index in [0.29, 0.717) is 0 Å². The molecule has 0 aliphatic rings. The van der Waals surface area contributed by atoms with Crippen molar-refractivity contribution in [1.82, 2.24) is 0 Å². The Morgan fingerprint density at radius 1 is 0.952 bits per heavy atom. The van der Waals surface area contributed by atoms with Gasteiger partial charge in [0.15, 0.2) is 0 Å². The molecule has 0 aliphatic heterocycles. The maximum Gasteiger partial charge on any atom is 0.119 e. The fourth-order valence-corrected chi connectivity index (χ4v) is 2.47. The van der Waals surface area contributed by atoms with Crippen LogP contribution < -0.4 is 4.74 Å². The second-order valence-electron chi connectivity index (χ2n) is 5.77. The first-order valence-electron chi connectivity index (χ1n) is 8.03. The lowest BCUT2D eigenvalue weighted by atomic mass is 10.0. The van der Waals surface area contributed by atoms with Crippen molar-refractivity contribution < 1.29 is 4.74 Å². The summed E-state index contributed by atoms with van der Waals surface area (Å²) in [6.07, 6.45) is 6.36. The van der Waals surface area contributed by atoms with Crippen molar-refractivity contribution in [1.29, 1.82) is 0 Å². The quantitative estimate of drug-likeness (QED) is 0.522. The van der Waals surface area contributed by atoms with Crippen LogP contribution in [0, 0.1) is 0 Å². The molecule has 0 atom stereocenters. The van der Waals surface area contributed by atoms with Crippen LogP contribution in [-0.4, -0.2) is 6.61 Å². The van der Waals surface area contributed by atoms with Crippen molar-refractivity contribution in [3.8, 4) is 5.75 Å². The molecule has 0 amide bonds. The number of hydrogen-bond acceptors (Lipinski definition) is 1. The monoisotopic (exact) mass is 282 g/mol. The Bertz CT molecular complexity index is 598. The predicted octanol–water partition coefficient (Wildman–Crippen LogP) is 6.22. The van der Waals surface area contributed by atoms with E-state index >= 15 is 0 Å². The number of rotatable bonds is 8. The summed E-state index contributed by atoms with van der Waals surface area (Å²) in [4.78, 5) is 0. The third-order valence-electron chi connectivity index (χ3n) is 3.82. The first-order valence-corrected chi connectivity index (χ1v) is 8.03. The summed E-state index contributed by atoms with van der Waals surface area (Å²) in [5.41, 5.74) is 2.30. The Hall–Kier alpha value is -1.76. The summed E-state index contributed by atoms with van der Waals surface area (Å²) in [6.45, 7) is 9.09. The summed E-state index contributed by atoms with van der Waals surface area (Å²) in [6, 6.07) is 12.8. The van der Waals surface area contributed by atoms with Crippen molar-refractivity contribution in [2.24, 2.45) is 0 Å². The predicted molar refractivity (Wildman–Crippen MR) is 92.9 cm³/mol. The Morgan fingerprint density at radius 3 is 2.43 bits per heavy atom. The van der Waals surface area contributed by atoms with Crippen LogP contribution in [0.25, 0.3) is 16.3 Å². The first-order chi connectivity index (χ1) is 10.2. The average molecular weight is 282 g/mol. The van der Waals surface area contributed by atoms with Crippen molar-refractivity contribution >= 4 is 16.3 Å². The molecule has 0 unspecified atom stereocenters. The molecule has 0 saturated heterocycles. The fraction of sp³-hybridized carbons (Fsp3) is 0.400. The van der Waals surface area contributed by atoms with E-state index in [4.69, 9.17) is 4.74 Å². The van der Waals surface area contributed by atoms with Gasteiger partial charge in [-0.2, -0.15) is 0 Å². The minimum atomic E-state index is 0.819. The molecule has 21 heavy (non-hydrogen) atoms. The number of ether oxygens (including phenoxy) is 1. The normalized spacial score (nSPS) is 10.8. The maximum atomic E-state index is 5.85. The van der Waals surface area contributed by atoms with Gasteiger partial charge in [0.05, 0.1) is 6.61 Å². The molecular formula is C20H26O. The zero-order valence-corrected chi connectivity index (χ0v) is 13.3. The standard InChI is InChI=1S/C20H26O/c1-4-5-6-7-8-13-21-20-12-11-18-14-17(16(2)3)9-10-19(18)15-20/h9-12,14-15H,2,4-8,13H2,1,3H3. The second-order valence-corrected chi connectivity index (χ2v) is 5.77. The van der Waals surface area contributed by atoms with Crippen LogP contribution in [0.2, 0.25) is 0 Å². The van der Waals surface area contributed by atoms with E-state index in [0.717, 1.165) is 24.4 Å². The van der Waals surface area contributed by atoms with Gasteiger partial charge in [0, 0.05) is 0 Å². The molecule has 0 aliphatic carbocycles. The molecule has 1 nitrogen and oxygen atoms in total. The highest BCUT2D eigenvalue weighted by Gasteiger charge is 2.00. The van der Waals surface area contributed by atoms with Gasteiger partial charge in [-0.15, -0.1) is 0 Å². The highest BCUT2D eigenvalue weighted by atomic mass is 16.5. The first kappa shape index (κ1) is 15.6. The number of benzene rings is 2. The SMILES string of the molecule is C=C(C)c1ccc2cc(OCCCCCCC)ccc2c1. The van der Waals surface area contributed by atoms with Crippen LogP contribution in [0.1, 0.15) is 51.5 Å². The smallest absolute Gasteiger partial charge is 0.119 e. The largest absolute Gasteiger partial charge is 0.494 e. The van der Waals surface area contributed by atoms with E-state index in [1.54, 1.807) is 0 Å². The van der Waals surface area contributed by atoms with Gasteiger partial charge in [-0.05, 0) is 47.9 Å². The summed E-state index contributed by atoms with van der Waals surface area (Å²) in [7, 11) is 0. The molecule has 2 rings (SSSR count). The molecule has 0 aromatic heterocycles. The van der Waals surface area contributed by atoms with Crippen molar-refractivity contribution in [2.75, 3.05) is 6.61 Å². The van der Waals surface area contributed by atoms with E-state index < -0.39 is 0 Å². The van der Waals surface area contributed by atoms with Crippen LogP contribution in [0.3, 0.4) is 0 Å². The second kappa shape index (κ2) is 7.87. The van der Waals surface area contributed by atoms with E-state index in [1.807, 2.05) is 6.92 Å². The minimum Gasteiger partial charge on any atom is -0.494 e. The Balaban J connectivity index is 1.93. The van der Waals surface area contributed by atoms with Gasteiger partial charge in [-0.25, -0.2) is 0 Å². The summed E-state index contributed by atoms with van der Waals surface area (Å²) >= 11 is 0. The van der Waals surface area contributed by atoms with Gasteiger partial charge in [-0.3, -0.25) is 0 Å². The van der Waals surface area contributed by atoms with Crippen molar-refractivity contribution in [3.63, 3.8) is 0 Å². The molecule has 0 bridgehead atoms. The summed E-state index contributed by atoms with van der Waals surface area (Å²) in [5, 5.41) is 2.47. The van der Waals surface area contributed by atoms with Gasteiger partial charge < -0.3 is 4.74 Å². The Morgan fingerprint density at radius 2 is 1.67 bits per heavy atom. The van der Waals surface area contributed by atoms with Gasteiger partial charge in [0.2, 0.25) is 0 Å². The Kier molecular flexibility index (Phi) is 5.86. The zero-order valence-electron chi connectivity index (χ0n) is 13.3. The summed E-state index contributed by atoms with van der Waals surface area (Å²) < 4.78 is 5.85. The van der Waals surface area contributed by atoms with E-state index in [9.17, 15) is 0 Å². The number of fused-ring (bicyclic) bond motifs is 1. The molecule has 0 N–H and O–H groups in total. The molecule has 112 valence electrons. The van der Waals surface area contributed by atoms with Crippen LogP contribution in [0.15, 0.2) is 43.0 Å². The molecule has 0 radical (unpaired) electrons. The van der Waals surface area contributed by atoms with E-state index in [-0.39, 0.29) is 0 Å². The molecule has 2 aromatic carbocycles. The molecular weight excluding hydrogens is 256 g/mol. The lowest BCUT2D eigenvalue weighted by molar-refractivity contribution is 0.305. The topological polar surface area (TPSA) is 9.23 Å². The third kappa shape index (κ3) is 4.63. The zero-order chi connectivity index (χ0) is 15.1. The fourth-order valence-electron chi connectivity index (χ4n) is 2.47. The molecule has 0 heterocycles. The highest BCUT2D eigenvalue weighted by molar-refractivity contribution is 5.87. The number of unbranched alkanes of at least 4 members (excludes halogenated alkanes) is 4. The van der Waals surface area contributed by atoms with Crippen LogP contribution in [0.4, 0.5) is 0 Å². The van der Waals surface area contributed by atoms with E-state index in [1.165, 1.54) is 42.0 Å². The minimum absolute atomic E-state index is 0.819. The van der Waals surface area contributed by atoms with Gasteiger partial charge in [0.1, 0.15) is 5.75 Å². The van der Waals surface area contributed by atoms with Crippen molar-refractivity contribution in [2.45, 2.75) is 46.0 Å². The maximum absolute atomic E-state index is 5.85. The summed E-state index contributed by atoms with van der Waals surface area (Å²) in [5.74, 6) is 0.973. The lowest BCUT2D eigenvalue weighted by Crippen LogP contribution is -1.97. The van der Waals surface area contributed by atoms with Gasteiger partial charge in [-0.1, -0.05) is 63.0 Å². The van der Waals surface area contributed by atoms with Gasteiger partial charge >= 0.3 is 0 Å². The number of allylic oxidation sites excluding steroid dienone is 1. The van der Waals surface area contributed by atoms with E-state index in [2.05, 4.69) is 49.9 Å². The molecule has 2 aromatic rings. The van der Waals surface area contributed by atoms with Crippen molar-refractivity contribution in [3.05, 3.63) is 48.5 Å². The van der Waals surface area contributed by atoms with Crippen LogP contribution in [-0.2, 0) is 0 Å². The molecule has 0 spiro atoms. The van der Waals surface area contributed by atoms with Crippen LogP contribution in [0.5, 0.6) is 5.75 Å². The van der Waals surface area contributed by atoms with Gasteiger partial charge in [0.25, 0.3) is 0 Å². The molecule has 0 fully saturated rings. The Labute approximate surface area is 128 Å².